The van der Waals surface area contributed by atoms with Crippen LogP contribution in [-0.4, -0.2) is 31.2 Å². The van der Waals surface area contributed by atoms with E-state index in [1.165, 1.54) is 0 Å². The molecule has 2 amide bonds. The van der Waals surface area contributed by atoms with Crippen LogP contribution in [0.15, 0.2) is 11.2 Å². The Bertz CT molecular complexity index is 671. The topological polar surface area (TPSA) is 79.8 Å². The zero-order valence-electron chi connectivity index (χ0n) is 13.5. The monoisotopic (exact) mass is 337 g/mol. The van der Waals surface area contributed by atoms with E-state index in [2.05, 4.69) is 15.8 Å². The van der Waals surface area contributed by atoms with Gasteiger partial charge < -0.3 is 10.1 Å². The van der Waals surface area contributed by atoms with Gasteiger partial charge in [-0.25, -0.2) is 5.43 Å². The Hall–Kier alpha value is -2.08. The molecule has 0 spiro atoms. The number of hydrogen-bond donors (Lipinski definition) is 2. The highest BCUT2D eigenvalue weighted by molar-refractivity contribution is 6.39. The number of nitrogens with zero attached hydrogens (tertiary/aromatic N) is 1. The fraction of sp³-hybridized carbons (Fsp3) is 0.438. The third-order valence-corrected chi connectivity index (χ3v) is 4.40. The SMILES string of the molecule is COc1cc(C)c(Cl)c(C)c1CCNC(=O)C1=NNC(=O)CC1. The van der Waals surface area contributed by atoms with Gasteiger partial charge in [0.15, 0.2) is 0 Å². The Morgan fingerprint density at radius 1 is 1.43 bits per heavy atom. The molecule has 23 heavy (non-hydrogen) atoms. The van der Waals surface area contributed by atoms with Crippen molar-refractivity contribution in [3.05, 3.63) is 27.8 Å². The summed E-state index contributed by atoms with van der Waals surface area (Å²) in [6.07, 6.45) is 1.24. The Morgan fingerprint density at radius 3 is 2.78 bits per heavy atom. The second-order valence-electron chi connectivity index (χ2n) is 5.41. The van der Waals surface area contributed by atoms with Crippen molar-refractivity contribution in [2.75, 3.05) is 13.7 Å². The first-order valence-corrected chi connectivity index (χ1v) is 7.78. The molecule has 0 radical (unpaired) electrons. The van der Waals surface area contributed by atoms with E-state index in [0.717, 1.165) is 22.4 Å². The molecule has 7 heteroatoms. The van der Waals surface area contributed by atoms with Gasteiger partial charge in [-0.15, -0.1) is 0 Å². The molecular weight excluding hydrogens is 318 g/mol. The van der Waals surface area contributed by atoms with Crippen molar-refractivity contribution in [3.8, 4) is 5.75 Å². The average Bonchev–Trinajstić information content (AvgIpc) is 2.55. The first-order valence-electron chi connectivity index (χ1n) is 7.40. The Balaban J connectivity index is 2.00. The van der Waals surface area contributed by atoms with Crippen molar-refractivity contribution in [2.45, 2.75) is 33.1 Å². The fourth-order valence-electron chi connectivity index (χ4n) is 2.49. The molecule has 1 aliphatic rings. The first kappa shape index (κ1) is 17.3. The van der Waals surface area contributed by atoms with E-state index in [4.69, 9.17) is 16.3 Å². The quantitative estimate of drug-likeness (QED) is 0.861. The second kappa shape index (κ2) is 7.46. The number of hydrazone groups is 1. The van der Waals surface area contributed by atoms with Crippen LogP contribution in [-0.2, 0) is 16.0 Å². The molecule has 1 aliphatic heterocycles. The number of amides is 2. The summed E-state index contributed by atoms with van der Waals surface area (Å²) in [6.45, 7) is 4.30. The van der Waals surface area contributed by atoms with E-state index in [9.17, 15) is 9.59 Å². The molecule has 1 aromatic carbocycles. The summed E-state index contributed by atoms with van der Waals surface area (Å²) >= 11 is 6.29. The lowest BCUT2D eigenvalue weighted by Crippen LogP contribution is -2.37. The maximum Gasteiger partial charge on any atom is 0.267 e. The van der Waals surface area contributed by atoms with E-state index in [0.29, 0.717) is 30.1 Å². The Kier molecular flexibility index (Phi) is 5.60. The number of halogens is 1. The van der Waals surface area contributed by atoms with Crippen LogP contribution >= 0.6 is 11.6 Å². The van der Waals surface area contributed by atoms with Gasteiger partial charge in [0.05, 0.1) is 7.11 Å². The summed E-state index contributed by atoms with van der Waals surface area (Å²) in [4.78, 5) is 23.0. The van der Waals surface area contributed by atoms with Crippen molar-refractivity contribution < 1.29 is 14.3 Å². The predicted octanol–water partition coefficient (Wildman–Crippen LogP) is 1.89. The van der Waals surface area contributed by atoms with E-state index >= 15 is 0 Å². The largest absolute Gasteiger partial charge is 0.496 e. The van der Waals surface area contributed by atoms with E-state index in [1.807, 2.05) is 19.9 Å². The van der Waals surface area contributed by atoms with Gasteiger partial charge in [-0.2, -0.15) is 5.10 Å². The van der Waals surface area contributed by atoms with Crippen LogP contribution in [0.5, 0.6) is 5.75 Å². The highest BCUT2D eigenvalue weighted by atomic mass is 35.5. The number of rotatable bonds is 5. The van der Waals surface area contributed by atoms with Crippen molar-refractivity contribution in [1.29, 1.82) is 0 Å². The molecular formula is C16H20ClN3O3. The van der Waals surface area contributed by atoms with E-state index in [1.54, 1.807) is 7.11 Å². The fourth-order valence-corrected chi connectivity index (χ4v) is 2.66. The number of hydrogen-bond acceptors (Lipinski definition) is 4. The molecule has 0 saturated heterocycles. The van der Waals surface area contributed by atoms with Crippen molar-refractivity contribution in [1.82, 2.24) is 10.7 Å². The normalized spacial score (nSPS) is 14.1. The maximum absolute atomic E-state index is 12.0. The highest BCUT2D eigenvalue weighted by Crippen LogP contribution is 2.31. The molecule has 0 atom stereocenters. The van der Waals surface area contributed by atoms with Crippen molar-refractivity contribution >= 4 is 29.1 Å². The molecule has 0 saturated carbocycles. The molecule has 0 bridgehead atoms. The molecule has 1 heterocycles. The van der Waals surface area contributed by atoms with Gasteiger partial charge >= 0.3 is 0 Å². The molecule has 124 valence electrons. The van der Waals surface area contributed by atoms with Crippen LogP contribution in [0.1, 0.15) is 29.5 Å². The van der Waals surface area contributed by atoms with Crippen LogP contribution in [0.3, 0.4) is 0 Å². The minimum Gasteiger partial charge on any atom is -0.496 e. The predicted molar refractivity (Wildman–Crippen MR) is 89.0 cm³/mol. The van der Waals surface area contributed by atoms with Gasteiger partial charge in [-0.05, 0) is 37.5 Å². The lowest BCUT2D eigenvalue weighted by Gasteiger charge is -2.16. The molecule has 2 rings (SSSR count). The molecule has 0 aliphatic carbocycles. The molecule has 1 aromatic rings. The minimum absolute atomic E-state index is 0.170. The van der Waals surface area contributed by atoms with Gasteiger partial charge in [0.1, 0.15) is 11.5 Å². The maximum atomic E-state index is 12.0. The molecule has 0 fully saturated rings. The van der Waals surface area contributed by atoms with Crippen LogP contribution in [0.25, 0.3) is 0 Å². The minimum atomic E-state index is -0.264. The van der Waals surface area contributed by atoms with Crippen LogP contribution in [0, 0.1) is 13.8 Å². The smallest absolute Gasteiger partial charge is 0.267 e. The molecule has 6 nitrogen and oxygen atoms in total. The summed E-state index contributed by atoms with van der Waals surface area (Å²) in [5.41, 5.74) is 5.55. The van der Waals surface area contributed by atoms with Gasteiger partial charge in [-0.1, -0.05) is 11.6 Å². The number of benzene rings is 1. The van der Waals surface area contributed by atoms with Gasteiger partial charge in [0.25, 0.3) is 5.91 Å². The van der Waals surface area contributed by atoms with E-state index in [-0.39, 0.29) is 18.2 Å². The first-order chi connectivity index (χ1) is 10.9. The second-order valence-corrected chi connectivity index (χ2v) is 5.79. The van der Waals surface area contributed by atoms with Crippen LogP contribution in [0.4, 0.5) is 0 Å². The van der Waals surface area contributed by atoms with Crippen LogP contribution in [0.2, 0.25) is 5.02 Å². The number of nitrogens with one attached hydrogen (secondary N) is 2. The van der Waals surface area contributed by atoms with Crippen molar-refractivity contribution in [2.24, 2.45) is 5.10 Å². The Labute approximate surface area is 140 Å². The van der Waals surface area contributed by atoms with Crippen LogP contribution < -0.4 is 15.5 Å². The molecule has 0 aromatic heterocycles. The number of carbonyl (C=O) groups excluding carboxylic acids is 2. The summed E-state index contributed by atoms with van der Waals surface area (Å²) in [5.74, 6) is 0.331. The number of aryl methyl sites for hydroxylation is 1. The third kappa shape index (κ3) is 4.01. The number of ether oxygens (including phenoxy) is 1. The zero-order valence-corrected chi connectivity index (χ0v) is 14.2. The average molecular weight is 338 g/mol. The Morgan fingerprint density at radius 2 is 2.17 bits per heavy atom. The zero-order chi connectivity index (χ0) is 17.0. The van der Waals surface area contributed by atoms with Gasteiger partial charge in [-0.3, -0.25) is 9.59 Å². The van der Waals surface area contributed by atoms with Crippen molar-refractivity contribution in [3.63, 3.8) is 0 Å². The third-order valence-electron chi connectivity index (χ3n) is 3.82. The van der Waals surface area contributed by atoms with Gasteiger partial charge in [0.2, 0.25) is 5.91 Å². The number of methoxy groups -OCH3 is 1. The summed E-state index contributed by atoms with van der Waals surface area (Å²) in [6, 6.07) is 1.90. The van der Waals surface area contributed by atoms with E-state index < -0.39 is 0 Å². The van der Waals surface area contributed by atoms with Gasteiger partial charge in [0, 0.05) is 30.0 Å². The number of carbonyl (C=O) groups is 2. The lowest BCUT2D eigenvalue weighted by atomic mass is 10.0. The molecule has 0 unspecified atom stereocenters. The highest BCUT2D eigenvalue weighted by Gasteiger charge is 2.18. The molecule has 2 N–H and O–H groups in total. The lowest BCUT2D eigenvalue weighted by molar-refractivity contribution is -0.121. The summed E-state index contributed by atoms with van der Waals surface area (Å²) in [7, 11) is 1.61. The standard InChI is InChI=1S/C16H20ClN3O3/c1-9-8-13(23-3)11(10(2)15(9)17)6-7-18-16(22)12-4-5-14(21)20-19-12/h8H,4-7H2,1-3H3,(H,18,22)(H,20,21). The summed E-state index contributed by atoms with van der Waals surface area (Å²) in [5, 5.41) is 7.30. The summed E-state index contributed by atoms with van der Waals surface area (Å²) < 4.78 is 5.41.